The molecule has 4 nitrogen and oxygen atoms in total. The molecule has 0 radical (unpaired) electrons. The van der Waals surface area contributed by atoms with E-state index >= 15 is 0 Å². The van der Waals surface area contributed by atoms with E-state index in [1.54, 1.807) is 6.07 Å². The summed E-state index contributed by atoms with van der Waals surface area (Å²) in [5, 5.41) is 7.13. The summed E-state index contributed by atoms with van der Waals surface area (Å²) in [7, 11) is 0. The van der Waals surface area contributed by atoms with Crippen LogP contribution in [0, 0.1) is 0 Å². The summed E-state index contributed by atoms with van der Waals surface area (Å²) in [6, 6.07) is 14.6. The van der Waals surface area contributed by atoms with Gasteiger partial charge in [0.25, 0.3) is 0 Å². The molecule has 0 saturated carbocycles. The first-order chi connectivity index (χ1) is 14.7. The summed E-state index contributed by atoms with van der Waals surface area (Å²) in [4.78, 5) is 16.9. The number of aryl methyl sites for hydroxylation is 1. The first-order valence-corrected chi connectivity index (χ1v) is 10.4. The molecule has 2 aromatic carbocycles. The van der Waals surface area contributed by atoms with Gasteiger partial charge in [0.05, 0.1) is 11.1 Å². The summed E-state index contributed by atoms with van der Waals surface area (Å²) >= 11 is 0. The van der Waals surface area contributed by atoms with E-state index in [-0.39, 0.29) is 12.3 Å². The molecule has 3 rings (SSSR count). The van der Waals surface area contributed by atoms with Crippen LogP contribution in [0.15, 0.2) is 54.6 Å². The second-order valence-corrected chi connectivity index (χ2v) is 7.68. The van der Waals surface area contributed by atoms with Crippen molar-refractivity contribution in [1.29, 1.82) is 0 Å². The van der Waals surface area contributed by atoms with Crippen LogP contribution < -0.4 is 10.6 Å². The summed E-state index contributed by atoms with van der Waals surface area (Å²) in [6.45, 7) is 4.27. The predicted octanol–water partition coefficient (Wildman–Crippen LogP) is 6.43. The minimum atomic E-state index is -4.36. The summed E-state index contributed by atoms with van der Waals surface area (Å²) in [5.74, 6) is 0.626. The van der Waals surface area contributed by atoms with E-state index in [4.69, 9.17) is 0 Å². The second-order valence-electron chi connectivity index (χ2n) is 7.68. The van der Waals surface area contributed by atoms with Crippen molar-refractivity contribution in [2.24, 2.45) is 0 Å². The molecule has 0 spiro atoms. The fourth-order valence-corrected chi connectivity index (χ4v) is 3.38. The van der Waals surface area contributed by atoms with Gasteiger partial charge in [-0.15, -0.1) is 0 Å². The molecule has 0 unspecified atom stereocenters. The van der Waals surface area contributed by atoms with Crippen molar-refractivity contribution in [2.45, 2.75) is 51.7 Å². The van der Waals surface area contributed by atoms with E-state index < -0.39 is 11.7 Å². The number of nitrogens with zero attached hydrogens (tertiary/aromatic N) is 1. The highest BCUT2D eigenvalue weighted by molar-refractivity contribution is 5.94. The maximum absolute atomic E-state index is 12.6. The zero-order valence-electron chi connectivity index (χ0n) is 17.6. The highest BCUT2D eigenvalue weighted by atomic mass is 19.4. The van der Waals surface area contributed by atoms with Crippen molar-refractivity contribution < 1.29 is 18.0 Å². The predicted molar refractivity (Wildman–Crippen MR) is 118 cm³/mol. The molecular formula is C24H26F3N3O. The van der Waals surface area contributed by atoms with E-state index in [9.17, 15) is 18.0 Å². The molecule has 0 aliphatic rings. The van der Waals surface area contributed by atoms with Crippen LogP contribution in [0.2, 0.25) is 0 Å². The molecule has 3 aromatic rings. The van der Waals surface area contributed by atoms with Crippen LogP contribution >= 0.6 is 0 Å². The molecule has 164 valence electrons. The van der Waals surface area contributed by atoms with Crippen LogP contribution in [0.25, 0.3) is 10.9 Å². The number of carbonyl (C=O) groups is 1. The van der Waals surface area contributed by atoms with Gasteiger partial charge in [0.1, 0.15) is 5.82 Å². The Kier molecular flexibility index (Phi) is 7.15. The van der Waals surface area contributed by atoms with Gasteiger partial charge < -0.3 is 10.6 Å². The first-order valence-electron chi connectivity index (χ1n) is 10.4. The van der Waals surface area contributed by atoms with Crippen LogP contribution in [0.4, 0.5) is 24.7 Å². The van der Waals surface area contributed by atoms with E-state index in [1.165, 1.54) is 12.1 Å². The minimum Gasteiger partial charge on any atom is -0.368 e. The van der Waals surface area contributed by atoms with Gasteiger partial charge in [0, 0.05) is 23.5 Å². The number of alkyl halides is 3. The van der Waals surface area contributed by atoms with E-state index in [0.29, 0.717) is 23.7 Å². The Hall–Kier alpha value is -3.09. The molecule has 2 N–H and O–H groups in total. The summed E-state index contributed by atoms with van der Waals surface area (Å²) < 4.78 is 37.9. The van der Waals surface area contributed by atoms with Gasteiger partial charge in [-0.1, -0.05) is 25.5 Å². The standard InChI is InChI=1S/C24H26F3N3O/c1-3-4-16(2)28-22-13-8-18-15-20(11-12-21(18)30-22)29-23(31)14-7-17-5-9-19(10-6-17)24(25,26)27/h5-6,8-13,15-16H,3-4,7,14H2,1-2H3,(H,28,30)(H,29,31)/t16-/m0/s1. The lowest BCUT2D eigenvalue weighted by atomic mass is 10.1. The van der Waals surface area contributed by atoms with Gasteiger partial charge in [-0.3, -0.25) is 4.79 Å². The Morgan fingerprint density at radius 1 is 1.06 bits per heavy atom. The largest absolute Gasteiger partial charge is 0.416 e. The number of amides is 1. The number of halogens is 3. The van der Waals surface area contributed by atoms with Crippen LogP contribution in [0.5, 0.6) is 0 Å². The average molecular weight is 429 g/mol. The Labute approximate surface area is 179 Å². The second kappa shape index (κ2) is 9.81. The number of aromatic nitrogens is 1. The van der Waals surface area contributed by atoms with Gasteiger partial charge in [-0.25, -0.2) is 4.98 Å². The Morgan fingerprint density at radius 3 is 2.48 bits per heavy atom. The average Bonchev–Trinajstić information content (AvgIpc) is 2.72. The number of benzene rings is 2. The lowest BCUT2D eigenvalue weighted by Gasteiger charge is -2.14. The van der Waals surface area contributed by atoms with Crippen molar-refractivity contribution in [3.8, 4) is 0 Å². The molecule has 0 saturated heterocycles. The van der Waals surface area contributed by atoms with Crippen molar-refractivity contribution >= 4 is 28.3 Å². The Morgan fingerprint density at radius 2 is 1.81 bits per heavy atom. The third kappa shape index (κ3) is 6.44. The summed E-state index contributed by atoms with van der Waals surface area (Å²) in [6.07, 6.45) is -1.64. The molecule has 1 atom stereocenters. The molecule has 31 heavy (non-hydrogen) atoms. The monoisotopic (exact) mass is 429 g/mol. The number of fused-ring (bicyclic) bond motifs is 1. The molecule has 0 aliphatic carbocycles. The van der Waals surface area contributed by atoms with Crippen LogP contribution in [0.1, 0.15) is 44.2 Å². The van der Waals surface area contributed by atoms with Gasteiger partial charge in [-0.05, 0) is 67.8 Å². The highest BCUT2D eigenvalue weighted by Gasteiger charge is 2.29. The van der Waals surface area contributed by atoms with Crippen molar-refractivity contribution in [2.75, 3.05) is 10.6 Å². The number of rotatable bonds is 8. The number of anilines is 2. The number of nitrogens with one attached hydrogen (secondary N) is 2. The van der Waals surface area contributed by atoms with Gasteiger partial charge >= 0.3 is 6.18 Å². The number of hydrogen-bond acceptors (Lipinski definition) is 3. The molecule has 1 aromatic heterocycles. The Balaban J connectivity index is 1.57. The third-order valence-corrected chi connectivity index (χ3v) is 5.01. The van der Waals surface area contributed by atoms with E-state index in [2.05, 4.69) is 29.5 Å². The molecule has 7 heteroatoms. The zero-order chi connectivity index (χ0) is 22.4. The number of pyridine rings is 1. The van der Waals surface area contributed by atoms with Gasteiger partial charge in [0.15, 0.2) is 0 Å². The highest BCUT2D eigenvalue weighted by Crippen LogP contribution is 2.29. The first kappa shape index (κ1) is 22.6. The van der Waals surface area contributed by atoms with Crippen LogP contribution in [-0.2, 0) is 17.4 Å². The smallest absolute Gasteiger partial charge is 0.368 e. The fraction of sp³-hybridized carbons (Fsp3) is 0.333. The third-order valence-electron chi connectivity index (χ3n) is 5.01. The fourth-order valence-electron chi connectivity index (χ4n) is 3.38. The number of hydrogen-bond donors (Lipinski definition) is 2. The quantitative estimate of drug-likeness (QED) is 0.434. The lowest BCUT2D eigenvalue weighted by Crippen LogP contribution is -2.15. The Bertz CT molecular complexity index is 1030. The van der Waals surface area contributed by atoms with Gasteiger partial charge in [0.2, 0.25) is 5.91 Å². The molecule has 0 aliphatic heterocycles. The van der Waals surface area contributed by atoms with Gasteiger partial charge in [-0.2, -0.15) is 13.2 Å². The van der Waals surface area contributed by atoms with Crippen molar-refractivity contribution in [3.05, 3.63) is 65.7 Å². The maximum Gasteiger partial charge on any atom is 0.416 e. The molecular weight excluding hydrogens is 403 g/mol. The summed E-state index contributed by atoms with van der Waals surface area (Å²) in [5.41, 5.74) is 1.48. The molecule has 1 amide bonds. The molecule has 0 fully saturated rings. The van der Waals surface area contributed by atoms with E-state index in [0.717, 1.165) is 41.7 Å². The topological polar surface area (TPSA) is 54.0 Å². The molecule has 0 bridgehead atoms. The molecule has 1 heterocycles. The van der Waals surface area contributed by atoms with E-state index in [1.807, 2.05) is 24.3 Å². The lowest BCUT2D eigenvalue weighted by molar-refractivity contribution is -0.137. The SMILES string of the molecule is CCC[C@H](C)Nc1ccc2cc(NC(=O)CCc3ccc(C(F)(F)F)cc3)ccc2n1. The van der Waals surface area contributed by atoms with Crippen molar-refractivity contribution in [1.82, 2.24) is 4.98 Å². The van der Waals surface area contributed by atoms with Crippen LogP contribution in [-0.4, -0.2) is 16.9 Å². The minimum absolute atomic E-state index is 0.180. The normalized spacial score (nSPS) is 12.5. The number of carbonyl (C=O) groups excluding carboxylic acids is 1. The maximum atomic E-state index is 12.6. The zero-order valence-corrected chi connectivity index (χ0v) is 17.6. The van der Waals surface area contributed by atoms with Crippen molar-refractivity contribution in [3.63, 3.8) is 0 Å². The van der Waals surface area contributed by atoms with Crippen LogP contribution in [0.3, 0.4) is 0 Å².